The summed E-state index contributed by atoms with van der Waals surface area (Å²) in [6, 6.07) is 7.19. The van der Waals surface area contributed by atoms with E-state index in [1.165, 1.54) is 6.92 Å². The normalized spacial score (nSPS) is 24.7. The van der Waals surface area contributed by atoms with Crippen LogP contribution in [0.15, 0.2) is 24.3 Å². The highest BCUT2D eigenvalue weighted by molar-refractivity contribution is 5.68. The van der Waals surface area contributed by atoms with Gasteiger partial charge in [-0.25, -0.2) is 4.84 Å². The lowest BCUT2D eigenvalue weighted by Gasteiger charge is -2.43. The SMILES string of the molecule is CC(=O)OC[C@H]1O[C@@H](ONc2ccc(C)cc2)[C@H](OC(C)=O)[C@@H](OC(C)=O)[C@H]1OC(C)=O. The number of anilines is 1. The van der Waals surface area contributed by atoms with E-state index in [-0.39, 0.29) is 6.61 Å². The first-order valence-electron chi connectivity index (χ1n) is 9.85. The van der Waals surface area contributed by atoms with Gasteiger partial charge in [-0.3, -0.25) is 24.7 Å². The number of carbonyl (C=O) groups excluding carboxylic acids is 4. The number of rotatable bonds is 8. The van der Waals surface area contributed by atoms with Gasteiger partial charge in [0.25, 0.3) is 0 Å². The summed E-state index contributed by atoms with van der Waals surface area (Å²) in [7, 11) is 0. The van der Waals surface area contributed by atoms with Gasteiger partial charge in [-0.15, -0.1) is 0 Å². The van der Waals surface area contributed by atoms with Crippen molar-refractivity contribution in [2.24, 2.45) is 0 Å². The molecule has 0 radical (unpaired) electrons. The van der Waals surface area contributed by atoms with Gasteiger partial charge in [-0.2, -0.15) is 0 Å². The Bertz CT molecular complexity index is 824. The summed E-state index contributed by atoms with van der Waals surface area (Å²) >= 11 is 0. The molecule has 11 nitrogen and oxygen atoms in total. The van der Waals surface area contributed by atoms with Crippen molar-refractivity contribution >= 4 is 29.6 Å². The molecule has 1 aliphatic heterocycles. The molecule has 1 saturated heterocycles. The van der Waals surface area contributed by atoms with Crippen LogP contribution in [0, 0.1) is 6.92 Å². The largest absolute Gasteiger partial charge is 0.463 e. The van der Waals surface area contributed by atoms with Gasteiger partial charge in [0, 0.05) is 27.7 Å². The molecule has 0 spiro atoms. The smallest absolute Gasteiger partial charge is 0.303 e. The number of carbonyl (C=O) groups is 4. The summed E-state index contributed by atoms with van der Waals surface area (Å²) in [5.74, 6) is -2.73. The maximum atomic E-state index is 11.8. The number of benzene rings is 1. The Morgan fingerprint density at radius 3 is 1.88 bits per heavy atom. The van der Waals surface area contributed by atoms with E-state index in [0.29, 0.717) is 5.69 Å². The van der Waals surface area contributed by atoms with Crippen LogP contribution in [0.4, 0.5) is 5.69 Å². The second-order valence-corrected chi connectivity index (χ2v) is 7.15. The number of esters is 4. The molecule has 1 aromatic rings. The third-order valence-electron chi connectivity index (χ3n) is 4.29. The van der Waals surface area contributed by atoms with Crippen molar-refractivity contribution in [3.8, 4) is 0 Å². The van der Waals surface area contributed by atoms with Crippen molar-refractivity contribution in [2.75, 3.05) is 12.1 Å². The van der Waals surface area contributed by atoms with E-state index in [4.69, 9.17) is 28.5 Å². The number of nitrogens with one attached hydrogen (secondary N) is 1. The Morgan fingerprint density at radius 2 is 1.34 bits per heavy atom. The van der Waals surface area contributed by atoms with Crippen molar-refractivity contribution in [1.29, 1.82) is 0 Å². The van der Waals surface area contributed by atoms with Gasteiger partial charge < -0.3 is 23.7 Å². The topological polar surface area (TPSA) is 136 Å². The molecule has 0 saturated carbocycles. The van der Waals surface area contributed by atoms with Gasteiger partial charge in [0.1, 0.15) is 12.7 Å². The monoisotopic (exact) mass is 453 g/mol. The molecular formula is C21H27NO10. The molecule has 0 bridgehead atoms. The molecular weight excluding hydrogens is 426 g/mol. The lowest BCUT2D eigenvalue weighted by atomic mass is 9.98. The summed E-state index contributed by atoms with van der Waals surface area (Å²) < 4.78 is 26.7. The summed E-state index contributed by atoms with van der Waals surface area (Å²) in [5, 5.41) is 0. The molecule has 1 aromatic carbocycles. The Hall–Kier alpha value is -3.18. The highest BCUT2D eigenvalue weighted by Gasteiger charge is 2.53. The van der Waals surface area contributed by atoms with E-state index in [2.05, 4.69) is 5.48 Å². The average Bonchev–Trinajstić information content (AvgIpc) is 2.69. The molecule has 0 aromatic heterocycles. The predicted octanol–water partition coefficient (Wildman–Crippen LogP) is 1.42. The average molecular weight is 453 g/mol. The standard InChI is InChI=1S/C21H27NO10/c1-11-6-8-16(9-7-11)22-32-21-20(30-15(5)26)19(29-14(4)25)18(28-13(3)24)17(31-21)10-27-12(2)23/h6-9,17-22H,10H2,1-5H3/t17-,18+,19+,20-,21+/m1/s1. The van der Waals surface area contributed by atoms with Crippen LogP contribution in [-0.4, -0.2) is 61.2 Å². The van der Waals surface area contributed by atoms with E-state index >= 15 is 0 Å². The molecule has 1 fully saturated rings. The van der Waals surface area contributed by atoms with E-state index in [1.54, 1.807) is 12.1 Å². The van der Waals surface area contributed by atoms with Crippen LogP contribution < -0.4 is 5.48 Å². The lowest BCUT2D eigenvalue weighted by molar-refractivity contribution is -0.302. The van der Waals surface area contributed by atoms with Gasteiger partial charge in [0.15, 0.2) is 18.3 Å². The molecule has 176 valence electrons. The van der Waals surface area contributed by atoms with Crippen LogP contribution in [0.3, 0.4) is 0 Å². The van der Waals surface area contributed by atoms with Crippen LogP contribution in [0.25, 0.3) is 0 Å². The van der Waals surface area contributed by atoms with E-state index in [9.17, 15) is 19.2 Å². The third kappa shape index (κ3) is 7.50. The summed E-state index contributed by atoms with van der Waals surface area (Å²) in [6.07, 6.45) is -6.22. The van der Waals surface area contributed by atoms with Gasteiger partial charge in [0.2, 0.25) is 6.29 Å². The highest BCUT2D eigenvalue weighted by Crippen LogP contribution is 2.30. The molecule has 2 rings (SSSR count). The van der Waals surface area contributed by atoms with Crippen molar-refractivity contribution in [3.63, 3.8) is 0 Å². The first-order chi connectivity index (χ1) is 15.1. The molecule has 1 N–H and O–H groups in total. The molecule has 0 amide bonds. The predicted molar refractivity (Wildman–Crippen MR) is 108 cm³/mol. The Labute approximate surface area is 185 Å². The summed E-state index contributed by atoms with van der Waals surface area (Å²) in [4.78, 5) is 52.2. The second kappa shape index (κ2) is 11.4. The zero-order valence-electron chi connectivity index (χ0n) is 18.5. The number of ether oxygens (including phenoxy) is 5. The molecule has 1 aliphatic rings. The number of aryl methyl sites for hydroxylation is 1. The van der Waals surface area contributed by atoms with Crippen LogP contribution in [-0.2, 0) is 47.7 Å². The fraction of sp³-hybridized carbons (Fsp3) is 0.524. The minimum absolute atomic E-state index is 0.331. The fourth-order valence-electron chi connectivity index (χ4n) is 3.03. The van der Waals surface area contributed by atoms with Crippen LogP contribution >= 0.6 is 0 Å². The molecule has 0 unspecified atom stereocenters. The van der Waals surface area contributed by atoms with Crippen LogP contribution in [0.1, 0.15) is 33.3 Å². The van der Waals surface area contributed by atoms with Gasteiger partial charge in [-0.1, -0.05) is 17.7 Å². The van der Waals surface area contributed by atoms with Gasteiger partial charge >= 0.3 is 23.9 Å². The third-order valence-corrected chi connectivity index (χ3v) is 4.29. The van der Waals surface area contributed by atoms with E-state index in [1.807, 2.05) is 19.1 Å². The van der Waals surface area contributed by atoms with Crippen molar-refractivity contribution in [1.82, 2.24) is 0 Å². The first-order valence-corrected chi connectivity index (χ1v) is 9.85. The number of hydrogen-bond acceptors (Lipinski definition) is 11. The van der Waals surface area contributed by atoms with Crippen molar-refractivity contribution in [2.45, 2.75) is 65.3 Å². The fourth-order valence-corrected chi connectivity index (χ4v) is 3.03. The molecule has 11 heteroatoms. The van der Waals surface area contributed by atoms with Crippen molar-refractivity contribution in [3.05, 3.63) is 29.8 Å². The summed E-state index contributed by atoms with van der Waals surface area (Å²) in [6.45, 7) is 6.23. The number of hydrogen-bond donors (Lipinski definition) is 1. The highest BCUT2D eigenvalue weighted by atomic mass is 16.8. The van der Waals surface area contributed by atoms with Crippen molar-refractivity contribution < 1.29 is 47.7 Å². The minimum atomic E-state index is -1.31. The van der Waals surface area contributed by atoms with E-state index < -0.39 is 54.6 Å². The summed E-state index contributed by atoms with van der Waals surface area (Å²) in [5.41, 5.74) is 4.29. The van der Waals surface area contributed by atoms with Crippen LogP contribution in [0.2, 0.25) is 0 Å². The minimum Gasteiger partial charge on any atom is -0.463 e. The Balaban J connectivity index is 2.35. The molecule has 32 heavy (non-hydrogen) atoms. The lowest BCUT2D eigenvalue weighted by Crippen LogP contribution is -2.63. The van der Waals surface area contributed by atoms with Gasteiger partial charge in [0.05, 0.1) is 5.69 Å². The molecule has 0 aliphatic carbocycles. The van der Waals surface area contributed by atoms with Crippen LogP contribution in [0.5, 0.6) is 0 Å². The maximum Gasteiger partial charge on any atom is 0.303 e. The Kier molecular flexibility index (Phi) is 8.97. The molecule has 1 heterocycles. The zero-order valence-corrected chi connectivity index (χ0v) is 18.5. The zero-order chi connectivity index (χ0) is 23.8. The quantitative estimate of drug-likeness (QED) is 0.348. The second-order valence-electron chi connectivity index (χ2n) is 7.15. The first kappa shape index (κ1) is 25.1. The Morgan fingerprint density at radius 1 is 0.812 bits per heavy atom. The van der Waals surface area contributed by atoms with E-state index in [0.717, 1.165) is 26.3 Å². The molecule has 5 atom stereocenters. The maximum absolute atomic E-state index is 11.8. The van der Waals surface area contributed by atoms with Gasteiger partial charge in [-0.05, 0) is 19.1 Å².